The summed E-state index contributed by atoms with van der Waals surface area (Å²) in [5.74, 6) is 0.0108. The monoisotopic (exact) mass is 220 g/mol. The summed E-state index contributed by atoms with van der Waals surface area (Å²) in [6.45, 7) is 6.19. The van der Waals surface area contributed by atoms with Gasteiger partial charge in [0.1, 0.15) is 0 Å². The first kappa shape index (κ1) is 12.7. The van der Waals surface area contributed by atoms with Gasteiger partial charge in [-0.25, -0.2) is 0 Å². The van der Waals surface area contributed by atoms with Gasteiger partial charge in [-0.2, -0.15) is 0 Å². The van der Waals surface area contributed by atoms with E-state index in [4.69, 9.17) is 5.73 Å². The second-order valence-corrected chi connectivity index (χ2v) is 4.60. The van der Waals surface area contributed by atoms with Crippen molar-refractivity contribution in [3.63, 3.8) is 0 Å². The van der Waals surface area contributed by atoms with E-state index < -0.39 is 5.41 Å². The first-order valence-corrected chi connectivity index (χ1v) is 5.55. The van der Waals surface area contributed by atoms with E-state index in [1.54, 1.807) is 0 Å². The summed E-state index contributed by atoms with van der Waals surface area (Å²) in [4.78, 5) is 12.1. The highest BCUT2D eigenvalue weighted by molar-refractivity contribution is 5.87. The number of hydrogen-bond donors (Lipinski definition) is 2. The van der Waals surface area contributed by atoms with Crippen LogP contribution in [0.1, 0.15) is 26.3 Å². The summed E-state index contributed by atoms with van der Waals surface area (Å²) < 4.78 is 0. The molecule has 0 saturated carbocycles. The van der Waals surface area contributed by atoms with Crippen LogP contribution in [0.15, 0.2) is 30.3 Å². The van der Waals surface area contributed by atoms with Gasteiger partial charge in [0.15, 0.2) is 0 Å². The van der Waals surface area contributed by atoms with E-state index in [1.807, 2.05) is 51.1 Å². The van der Waals surface area contributed by atoms with Crippen LogP contribution in [0, 0.1) is 0 Å². The summed E-state index contributed by atoms with van der Waals surface area (Å²) in [7, 11) is 0. The minimum atomic E-state index is -0.523. The second-order valence-electron chi connectivity index (χ2n) is 4.60. The topological polar surface area (TPSA) is 55.1 Å². The van der Waals surface area contributed by atoms with Crippen molar-refractivity contribution in [1.82, 2.24) is 5.32 Å². The highest BCUT2D eigenvalue weighted by atomic mass is 16.2. The minimum Gasteiger partial charge on any atom is -0.352 e. The Morgan fingerprint density at radius 3 is 2.44 bits per heavy atom. The van der Waals surface area contributed by atoms with Gasteiger partial charge < -0.3 is 11.1 Å². The lowest BCUT2D eigenvalue weighted by Crippen LogP contribution is -2.46. The average Bonchev–Trinajstić information content (AvgIpc) is 2.29. The van der Waals surface area contributed by atoms with Crippen molar-refractivity contribution in [3.8, 4) is 0 Å². The van der Waals surface area contributed by atoms with Gasteiger partial charge in [-0.15, -0.1) is 0 Å². The molecule has 1 aromatic carbocycles. The molecule has 1 rings (SSSR count). The highest BCUT2D eigenvalue weighted by Gasteiger charge is 2.29. The van der Waals surface area contributed by atoms with Gasteiger partial charge in [0.05, 0.1) is 5.41 Å². The molecular weight excluding hydrogens is 200 g/mol. The van der Waals surface area contributed by atoms with E-state index in [1.165, 1.54) is 0 Å². The maximum Gasteiger partial charge on any atom is 0.230 e. The zero-order chi connectivity index (χ0) is 12.2. The van der Waals surface area contributed by atoms with E-state index in [0.717, 1.165) is 5.56 Å². The predicted molar refractivity (Wildman–Crippen MR) is 66.1 cm³/mol. The Kier molecular flexibility index (Phi) is 4.07. The maximum absolute atomic E-state index is 12.1. The van der Waals surface area contributed by atoms with Gasteiger partial charge in [0.2, 0.25) is 5.91 Å². The molecule has 0 radical (unpaired) electrons. The van der Waals surface area contributed by atoms with Crippen LogP contribution in [0.4, 0.5) is 0 Å². The van der Waals surface area contributed by atoms with Crippen LogP contribution in [0.3, 0.4) is 0 Å². The maximum atomic E-state index is 12.1. The number of amides is 1. The third kappa shape index (κ3) is 2.83. The van der Waals surface area contributed by atoms with Crippen molar-refractivity contribution in [2.75, 3.05) is 6.54 Å². The van der Waals surface area contributed by atoms with Gasteiger partial charge in [0, 0.05) is 12.6 Å². The van der Waals surface area contributed by atoms with Crippen LogP contribution in [0.5, 0.6) is 0 Å². The summed E-state index contributed by atoms with van der Waals surface area (Å²) in [6, 6.07) is 9.77. The number of rotatable bonds is 4. The van der Waals surface area contributed by atoms with Crippen LogP contribution in [0.2, 0.25) is 0 Å². The molecule has 3 heteroatoms. The fourth-order valence-corrected chi connectivity index (χ4v) is 1.45. The lowest BCUT2D eigenvalue weighted by atomic mass is 9.83. The molecule has 0 aromatic heterocycles. The van der Waals surface area contributed by atoms with E-state index >= 15 is 0 Å². The standard InChI is InChI=1S/C13H20N2O/c1-10(9-14)15-12(16)13(2,3)11-7-5-4-6-8-11/h4-8,10H,9,14H2,1-3H3,(H,15,16)/t10-/m0/s1. The predicted octanol–water partition coefficient (Wildman–Crippen LogP) is 1.43. The molecule has 0 aliphatic rings. The molecule has 1 atom stereocenters. The molecule has 0 fully saturated rings. The van der Waals surface area contributed by atoms with E-state index in [9.17, 15) is 4.79 Å². The Labute approximate surface area is 97.0 Å². The first-order valence-electron chi connectivity index (χ1n) is 5.55. The van der Waals surface area contributed by atoms with Crippen LogP contribution in [-0.2, 0) is 10.2 Å². The Morgan fingerprint density at radius 2 is 1.94 bits per heavy atom. The zero-order valence-electron chi connectivity index (χ0n) is 10.2. The summed E-state index contributed by atoms with van der Waals surface area (Å²) in [5.41, 5.74) is 5.98. The van der Waals surface area contributed by atoms with Gasteiger partial charge in [-0.3, -0.25) is 4.79 Å². The zero-order valence-corrected chi connectivity index (χ0v) is 10.2. The molecule has 0 bridgehead atoms. The number of benzene rings is 1. The fourth-order valence-electron chi connectivity index (χ4n) is 1.45. The quantitative estimate of drug-likeness (QED) is 0.806. The number of carbonyl (C=O) groups is 1. The molecule has 0 aliphatic carbocycles. The van der Waals surface area contributed by atoms with Gasteiger partial charge >= 0.3 is 0 Å². The summed E-state index contributed by atoms with van der Waals surface area (Å²) >= 11 is 0. The molecule has 0 heterocycles. The van der Waals surface area contributed by atoms with Gasteiger partial charge in [-0.1, -0.05) is 30.3 Å². The van der Waals surface area contributed by atoms with Gasteiger partial charge in [0.25, 0.3) is 0 Å². The minimum absolute atomic E-state index is 0.00971. The van der Waals surface area contributed by atoms with E-state index in [0.29, 0.717) is 6.54 Å². The van der Waals surface area contributed by atoms with Crippen molar-refractivity contribution >= 4 is 5.91 Å². The molecule has 0 unspecified atom stereocenters. The lowest BCUT2D eigenvalue weighted by molar-refractivity contribution is -0.126. The highest BCUT2D eigenvalue weighted by Crippen LogP contribution is 2.22. The second kappa shape index (κ2) is 5.12. The van der Waals surface area contributed by atoms with Gasteiger partial charge in [-0.05, 0) is 26.3 Å². The summed E-state index contributed by atoms with van der Waals surface area (Å²) in [5, 5.41) is 2.90. The van der Waals surface area contributed by atoms with Crippen molar-refractivity contribution in [2.45, 2.75) is 32.2 Å². The Morgan fingerprint density at radius 1 is 1.38 bits per heavy atom. The smallest absolute Gasteiger partial charge is 0.230 e. The molecule has 16 heavy (non-hydrogen) atoms. The molecule has 0 aliphatic heterocycles. The number of carbonyl (C=O) groups excluding carboxylic acids is 1. The first-order chi connectivity index (χ1) is 7.48. The van der Waals surface area contributed by atoms with Crippen molar-refractivity contribution in [1.29, 1.82) is 0 Å². The Bertz CT molecular complexity index is 346. The summed E-state index contributed by atoms with van der Waals surface area (Å²) in [6.07, 6.45) is 0. The van der Waals surface area contributed by atoms with Crippen LogP contribution >= 0.6 is 0 Å². The van der Waals surface area contributed by atoms with E-state index in [-0.39, 0.29) is 11.9 Å². The van der Waals surface area contributed by atoms with Crippen molar-refractivity contribution in [3.05, 3.63) is 35.9 Å². The SMILES string of the molecule is C[C@@H](CN)NC(=O)C(C)(C)c1ccccc1. The van der Waals surface area contributed by atoms with Crippen LogP contribution in [-0.4, -0.2) is 18.5 Å². The third-order valence-electron chi connectivity index (χ3n) is 2.79. The Hall–Kier alpha value is -1.35. The molecule has 3 nitrogen and oxygen atoms in total. The molecule has 0 spiro atoms. The van der Waals surface area contributed by atoms with E-state index in [2.05, 4.69) is 5.32 Å². The normalized spacial score (nSPS) is 13.2. The molecule has 1 amide bonds. The number of nitrogens with two attached hydrogens (primary N) is 1. The van der Waals surface area contributed by atoms with Crippen LogP contribution < -0.4 is 11.1 Å². The lowest BCUT2D eigenvalue weighted by Gasteiger charge is -2.26. The molecule has 0 saturated heterocycles. The molecule has 3 N–H and O–H groups in total. The largest absolute Gasteiger partial charge is 0.352 e. The number of hydrogen-bond acceptors (Lipinski definition) is 2. The average molecular weight is 220 g/mol. The third-order valence-corrected chi connectivity index (χ3v) is 2.79. The molecule has 1 aromatic rings. The molecular formula is C13H20N2O. The van der Waals surface area contributed by atoms with Crippen molar-refractivity contribution < 1.29 is 4.79 Å². The van der Waals surface area contributed by atoms with Crippen LogP contribution in [0.25, 0.3) is 0 Å². The Balaban J connectivity index is 2.82. The number of nitrogens with one attached hydrogen (secondary N) is 1. The molecule has 88 valence electrons. The fraction of sp³-hybridized carbons (Fsp3) is 0.462. The van der Waals surface area contributed by atoms with Crippen molar-refractivity contribution in [2.24, 2.45) is 5.73 Å².